The highest BCUT2D eigenvalue weighted by Gasteiger charge is 2.36. The molecule has 2 aliphatic heterocycles. The SMILES string of the molecule is CCC(CC)OC1=NN2C(=N)C(CC(=O)c3cc(OCCCCO)cc(C(C)(C)C)c3)N=C2C(C)=C1.Cl. The van der Waals surface area contributed by atoms with E-state index < -0.39 is 6.04 Å². The van der Waals surface area contributed by atoms with Crippen LogP contribution in [0.3, 0.4) is 0 Å². The van der Waals surface area contributed by atoms with Gasteiger partial charge in [-0.25, -0.2) is 0 Å². The molecule has 0 aromatic heterocycles. The third-order valence-electron chi connectivity index (χ3n) is 6.41. The van der Waals surface area contributed by atoms with Gasteiger partial charge in [-0.15, -0.1) is 17.5 Å². The molecule has 1 aromatic carbocycles. The molecule has 2 N–H and O–H groups in total. The lowest BCUT2D eigenvalue weighted by atomic mass is 9.85. The quantitative estimate of drug-likeness (QED) is 0.282. The Morgan fingerprint density at radius 1 is 1.19 bits per heavy atom. The second-order valence-corrected chi connectivity index (χ2v) is 10.4. The molecule has 0 radical (unpaired) electrons. The number of Topliss-reactive ketones (excluding diaryl/α,β-unsaturated/α-hetero) is 1. The van der Waals surface area contributed by atoms with Crippen molar-refractivity contribution in [3.05, 3.63) is 41.0 Å². The maximum absolute atomic E-state index is 13.4. The Morgan fingerprint density at radius 2 is 1.89 bits per heavy atom. The van der Waals surface area contributed by atoms with Crippen molar-refractivity contribution in [2.24, 2.45) is 10.1 Å². The third kappa shape index (κ3) is 7.65. The first kappa shape index (κ1) is 30.5. The number of aliphatic hydroxyl groups is 1. The molecular formula is C28H41ClN4O4. The largest absolute Gasteiger partial charge is 0.494 e. The van der Waals surface area contributed by atoms with Gasteiger partial charge in [-0.3, -0.25) is 15.2 Å². The summed E-state index contributed by atoms with van der Waals surface area (Å²) in [4.78, 5) is 18.0. The van der Waals surface area contributed by atoms with E-state index in [-0.39, 0.29) is 48.6 Å². The van der Waals surface area contributed by atoms with E-state index >= 15 is 0 Å². The van der Waals surface area contributed by atoms with E-state index in [0.717, 1.165) is 30.4 Å². The minimum atomic E-state index is -0.612. The maximum atomic E-state index is 13.4. The molecule has 0 spiro atoms. The molecule has 1 unspecified atom stereocenters. The Balaban J connectivity index is 0.00000481. The summed E-state index contributed by atoms with van der Waals surface area (Å²) in [5.74, 6) is 1.77. The number of aliphatic imine (C=N–C) groups is 1. The highest BCUT2D eigenvalue weighted by Crippen LogP contribution is 2.30. The van der Waals surface area contributed by atoms with Crippen molar-refractivity contribution >= 4 is 35.8 Å². The lowest BCUT2D eigenvalue weighted by molar-refractivity contribution is 0.0980. The maximum Gasteiger partial charge on any atom is 0.232 e. The standard InChI is InChI=1S/C28H40N4O4.ClH/c1-7-21(8-2)36-25-13-18(3)27-30-23(26(29)32(27)31-25)17-24(34)19-14-20(28(4,5)6)16-22(15-19)35-12-10-9-11-33;/h13-16,21,23,29,33H,7-12,17H2,1-6H3;1H. The lowest BCUT2D eigenvalue weighted by Gasteiger charge is -2.23. The summed E-state index contributed by atoms with van der Waals surface area (Å²) in [6, 6.07) is 5.03. The molecule has 0 saturated heterocycles. The highest BCUT2D eigenvalue weighted by molar-refractivity contribution is 6.19. The number of unbranched alkanes of at least 4 members (excludes halogenated alkanes) is 1. The Hall–Kier alpha value is -2.71. The van der Waals surface area contributed by atoms with Crippen molar-refractivity contribution in [2.45, 2.75) is 91.2 Å². The van der Waals surface area contributed by atoms with Gasteiger partial charge in [-0.05, 0) is 67.4 Å². The van der Waals surface area contributed by atoms with E-state index in [2.05, 4.69) is 44.7 Å². The van der Waals surface area contributed by atoms with Crippen molar-refractivity contribution in [2.75, 3.05) is 13.2 Å². The van der Waals surface area contributed by atoms with Crippen LogP contribution < -0.4 is 4.74 Å². The molecule has 9 heteroatoms. The fraction of sp³-hybridized carbons (Fsp3) is 0.571. The number of carbonyl (C=O) groups excluding carboxylic acids is 1. The number of ketones is 1. The zero-order valence-electron chi connectivity index (χ0n) is 22.8. The number of aliphatic hydroxyl groups excluding tert-OH is 1. The normalized spacial score (nSPS) is 17.1. The number of hydrazone groups is 1. The molecule has 2 heterocycles. The summed E-state index contributed by atoms with van der Waals surface area (Å²) in [6.45, 7) is 12.9. The number of nitrogens with zero attached hydrogens (tertiary/aromatic N) is 3. The molecule has 0 fully saturated rings. The lowest BCUT2D eigenvalue weighted by Crippen LogP contribution is -2.35. The average Bonchev–Trinajstić information content (AvgIpc) is 3.15. The number of rotatable bonds is 11. The molecule has 0 bridgehead atoms. The number of nitrogens with one attached hydrogen (secondary N) is 1. The van der Waals surface area contributed by atoms with Crippen molar-refractivity contribution in [3.63, 3.8) is 0 Å². The van der Waals surface area contributed by atoms with Crippen LogP contribution in [-0.2, 0) is 10.2 Å². The van der Waals surface area contributed by atoms with Gasteiger partial charge in [0.25, 0.3) is 0 Å². The Kier molecular flexibility index (Phi) is 10.9. The Bertz CT molecular complexity index is 1070. The summed E-state index contributed by atoms with van der Waals surface area (Å²) in [5.41, 5.74) is 2.25. The molecule has 8 nitrogen and oxygen atoms in total. The van der Waals surface area contributed by atoms with Gasteiger partial charge in [0.2, 0.25) is 5.90 Å². The molecule has 0 saturated carbocycles. The second kappa shape index (κ2) is 13.2. The number of benzene rings is 1. The van der Waals surface area contributed by atoms with Crippen LogP contribution >= 0.6 is 12.4 Å². The smallest absolute Gasteiger partial charge is 0.232 e. The highest BCUT2D eigenvalue weighted by atomic mass is 35.5. The van der Waals surface area contributed by atoms with E-state index in [9.17, 15) is 4.79 Å². The number of hydrogen-bond acceptors (Lipinski definition) is 7. The number of ether oxygens (including phenoxy) is 2. The molecule has 3 rings (SSSR count). The molecule has 37 heavy (non-hydrogen) atoms. The van der Waals surface area contributed by atoms with Crippen molar-refractivity contribution < 1.29 is 19.4 Å². The van der Waals surface area contributed by atoms with Crippen molar-refractivity contribution in [1.29, 1.82) is 5.41 Å². The van der Waals surface area contributed by atoms with E-state index in [1.165, 1.54) is 5.01 Å². The predicted octanol–water partition coefficient (Wildman–Crippen LogP) is 5.67. The summed E-state index contributed by atoms with van der Waals surface area (Å²) in [5, 5.41) is 23.7. The summed E-state index contributed by atoms with van der Waals surface area (Å²) >= 11 is 0. The number of halogens is 1. The zero-order chi connectivity index (χ0) is 26.5. The van der Waals surface area contributed by atoms with Crippen LogP contribution in [0, 0.1) is 5.41 Å². The van der Waals surface area contributed by atoms with E-state index in [4.69, 9.17) is 20.0 Å². The van der Waals surface area contributed by atoms with Crippen LogP contribution in [0.1, 0.15) is 89.6 Å². The van der Waals surface area contributed by atoms with Gasteiger partial charge in [-0.1, -0.05) is 34.6 Å². The number of amidine groups is 2. The summed E-state index contributed by atoms with van der Waals surface area (Å²) in [7, 11) is 0. The molecular weight excluding hydrogens is 492 g/mol. The van der Waals surface area contributed by atoms with Crippen LogP contribution in [0.5, 0.6) is 5.75 Å². The molecule has 204 valence electrons. The number of fused-ring (bicyclic) bond motifs is 1. The van der Waals surface area contributed by atoms with Gasteiger partial charge in [0.15, 0.2) is 11.6 Å². The van der Waals surface area contributed by atoms with Gasteiger partial charge in [0, 0.05) is 24.7 Å². The van der Waals surface area contributed by atoms with Crippen LogP contribution in [-0.4, -0.2) is 58.8 Å². The van der Waals surface area contributed by atoms with Gasteiger partial charge < -0.3 is 14.6 Å². The summed E-state index contributed by atoms with van der Waals surface area (Å²) in [6.07, 6.45) is 5.14. The van der Waals surface area contributed by atoms with Crippen molar-refractivity contribution in [1.82, 2.24) is 5.01 Å². The third-order valence-corrected chi connectivity index (χ3v) is 6.41. The van der Waals surface area contributed by atoms with E-state index in [1.807, 2.05) is 25.1 Å². The van der Waals surface area contributed by atoms with Gasteiger partial charge in [-0.2, -0.15) is 5.01 Å². The fourth-order valence-corrected chi connectivity index (χ4v) is 4.07. The van der Waals surface area contributed by atoms with E-state index in [0.29, 0.717) is 36.1 Å². The minimum Gasteiger partial charge on any atom is -0.494 e. The average molecular weight is 533 g/mol. The number of carbonyl (C=O) groups is 1. The first-order valence-electron chi connectivity index (χ1n) is 12.9. The minimum absolute atomic E-state index is 0. The summed E-state index contributed by atoms with van der Waals surface area (Å²) < 4.78 is 11.9. The Labute approximate surface area is 226 Å². The van der Waals surface area contributed by atoms with Gasteiger partial charge >= 0.3 is 0 Å². The van der Waals surface area contributed by atoms with Crippen LogP contribution in [0.25, 0.3) is 0 Å². The van der Waals surface area contributed by atoms with Crippen molar-refractivity contribution in [3.8, 4) is 5.75 Å². The topological polar surface area (TPSA) is 108 Å². The first-order valence-corrected chi connectivity index (χ1v) is 12.9. The molecule has 1 atom stereocenters. The molecule has 1 aromatic rings. The molecule has 0 aliphatic carbocycles. The van der Waals surface area contributed by atoms with Crippen LogP contribution in [0.15, 0.2) is 39.9 Å². The monoisotopic (exact) mass is 532 g/mol. The zero-order valence-corrected chi connectivity index (χ0v) is 23.7. The van der Waals surface area contributed by atoms with Crippen LogP contribution in [0.2, 0.25) is 0 Å². The van der Waals surface area contributed by atoms with Crippen LogP contribution in [0.4, 0.5) is 0 Å². The van der Waals surface area contributed by atoms with Gasteiger partial charge in [0.05, 0.1) is 12.7 Å². The van der Waals surface area contributed by atoms with E-state index in [1.54, 1.807) is 6.07 Å². The second-order valence-electron chi connectivity index (χ2n) is 10.4. The first-order chi connectivity index (χ1) is 17.1. The fourth-order valence-electron chi connectivity index (χ4n) is 4.07. The molecule has 2 aliphatic rings. The van der Waals surface area contributed by atoms with Gasteiger partial charge in [0.1, 0.15) is 17.6 Å². The number of hydrogen-bond donors (Lipinski definition) is 2. The molecule has 0 amide bonds. The Morgan fingerprint density at radius 3 is 2.51 bits per heavy atom. The predicted molar refractivity (Wildman–Crippen MR) is 151 cm³/mol.